The topological polar surface area (TPSA) is 40.5 Å². The van der Waals surface area contributed by atoms with Gasteiger partial charge in [-0.05, 0) is 26.7 Å². The van der Waals surface area contributed by atoms with E-state index in [4.69, 9.17) is 5.11 Å². The fourth-order valence-electron chi connectivity index (χ4n) is 1.68. The van der Waals surface area contributed by atoms with E-state index in [-0.39, 0.29) is 10.9 Å². The number of carbonyl (C=O) groups is 1. The highest BCUT2D eigenvalue weighted by atomic mass is 32.1. The maximum atomic E-state index is 10.8. The lowest BCUT2D eigenvalue weighted by atomic mass is 10.2. The maximum absolute atomic E-state index is 10.8. The van der Waals surface area contributed by atoms with E-state index in [9.17, 15) is 4.79 Å². The molecule has 1 aliphatic heterocycles. The summed E-state index contributed by atoms with van der Waals surface area (Å²) in [5.41, 5.74) is 0. The van der Waals surface area contributed by atoms with Crippen molar-refractivity contribution in [2.75, 3.05) is 6.54 Å². The summed E-state index contributed by atoms with van der Waals surface area (Å²) in [6.45, 7) is 4.70. The van der Waals surface area contributed by atoms with Crippen molar-refractivity contribution >= 4 is 18.6 Å². The van der Waals surface area contributed by atoms with Crippen molar-refractivity contribution in [2.45, 2.75) is 37.6 Å². The zero-order chi connectivity index (χ0) is 9.35. The van der Waals surface area contributed by atoms with Gasteiger partial charge in [-0.2, -0.15) is 12.6 Å². The standard InChI is InChI=1S/C8H15NO2S/c1-8(2,12)9-5-3-4-6(9)7(10)11/h6,12H,3-5H2,1-2H3,(H,10,11). The lowest BCUT2D eigenvalue weighted by Crippen LogP contribution is -2.46. The Hall–Kier alpha value is -0.220. The van der Waals surface area contributed by atoms with E-state index in [1.165, 1.54) is 0 Å². The molecule has 0 aliphatic carbocycles. The van der Waals surface area contributed by atoms with Gasteiger partial charge in [-0.25, -0.2) is 0 Å². The third-order valence-electron chi connectivity index (χ3n) is 2.24. The summed E-state index contributed by atoms with van der Waals surface area (Å²) in [5.74, 6) is -0.727. The second-order valence-electron chi connectivity index (χ2n) is 3.68. The van der Waals surface area contributed by atoms with Gasteiger partial charge in [0.15, 0.2) is 0 Å². The van der Waals surface area contributed by atoms with Crippen LogP contribution in [0.4, 0.5) is 0 Å². The fraction of sp³-hybridized carbons (Fsp3) is 0.875. The molecule has 70 valence electrons. The van der Waals surface area contributed by atoms with E-state index >= 15 is 0 Å². The Labute approximate surface area is 78.2 Å². The number of thiol groups is 1. The van der Waals surface area contributed by atoms with Crippen LogP contribution in [0.5, 0.6) is 0 Å². The molecule has 0 amide bonds. The second-order valence-corrected chi connectivity index (χ2v) is 4.78. The molecular weight excluding hydrogens is 174 g/mol. The molecule has 1 N–H and O–H groups in total. The molecule has 0 aromatic heterocycles. The molecule has 0 radical (unpaired) electrons. The average Bonchev–Trinajstić information content (AvgIpc) is 2.30. The average molecular weight is 189 g/mol. The number of carboxylic acids is 1. The van der Waals surface area contributed by atoms with Gasteiger partial charge in [-0.3, -0.25) is 9.69 Å². The zero-order valence-electron chi connectivity index (χ0n) is 7.45. The number of hydrogen-bond acceptors (Lipinski definition) is 3. The Morgan fingerprint density at radius 1 is 1.67 bits per heavy atom. The Morgan fingerprint density at radius 3 is 2.58 bits per heavy atom. The first-order chi connectivity index (χ1) is 5.43. The maximum Gasteiger partial charge on any atom is 0.320 e. The zero-order valence-corrected chi connectivity index (χ0v) is 8.34. The highest BCUT2D eigenvalue weighted by Crippen LogP contribution is 2.28. The third kappa shape index (κ3) is 1.93. The molecule has 0 saturated carbocycles. The van der Waals surface area contributed by atoms with Gasteiger partial charge in [0, 0.05) is 6.54 Å². The van der Waals surface area contributed by atoms with Crippen LogP contribution in [0.15, 0.2) is 0 Å². The lowest BCUT2D eigenvalue weighted by molar-refractivity contribution is -0.143. The summed E-state index contributed by atoms with van der Waals surface area (Å²) in [4.78, 5) is 12.4. The van der Waals surface area contributed by atoms with Crippen molar-refractivity contribution in [3.63, 3.8) is 0 Å². The van der Waals surface area contributed by atoms with Gasteiger partial charge >= 0.3 is 5.97 Å². The highest BCUT2D eigenvalue weighted by Gasteiger charge is 2.37. The van der Waals surface area contributed by atoms with Crippen molar-refractivity contribution in [1.29, 1.82) is 0 Å². The lowest BCUT2D eigenvalue weighted by Gasteiger charge is -2.33. The van der Waals surface area contributed by atoms with Gasteiger partial charge in [0.1, 0.15) is 6.04 Å². The van der Waals surface area contributed by atoms with Gasteiger partial charge in [0.05, 0.1) is 4.87 Å². The van der Waals surface area contributed by atoms with E-state index < -0.39 is 5.97 Å². The Bertz CT molecular complexity index is 188. The van der Waals surface area contributed by atoms with Gasteiger partial charge in [0.2, 0.25) is 0 Å². The molecule has 0 aromatic carbocycles. The third-order valence-corrected chi connectivity index (χ3v) is 2.50. The molecule has 1 rings (SSSR count). The van der Waals surface area contributed by atoms with Crippen LogP contribution in [-0.4, -0.2) is 33.4 Å². The molecule has 3 nitrogen and oxygen atoms in total. The molecule has 4 heteroatoms. The van der Waals surface area contributed by atoms with Gasteiger partial charge in [-0.15, -0.1) is 0 Å². The van der Waals surface area contributed by atoms with E-state index in [2.05, 4.69) is 12.6 Å². The smallest absolute Gasteiger partial charge is 0.320 e. The highest BCUT2D eigenvalue weighted by molar-refractivity contribution is 7.81. The minimum absolute atomic E-state index is 0.320. The molecule has 1 heterocycles. The molecule has 1 aliphatic rings. The largest absolute Gasteiger partial charge is 0.480 e. The summed E-state index contributed by atoms with van der Waals surface area (Å²) in [6, 6.07) is -0.336. The Kier molecular flexibility index (Phi) is 2.68. The second kappa shape index (κ2) is 3.26. The summed E-state index contributed by atoms with van der Waals surface area (Å²) < 4.78 is 0. The SMILES string of the molecule is CC(C)(S)N1CCCC1C(=O)O. The summed E-state index contributed by atoms with van der Waals surface area (Å²) in [7, 11) is 0. The minimum Gasteiger partial charge on any atom is -0.480 e. The monoisotopic (exact) mass is 189 g/mol. The number of rotatable bonds is 2. The van der Waals surface area contributed by atoms with Crippen LogP contribution in [0.2, 0.25) is 0 Å². The van der Waals surface area contributed by atoms with E-state index in [0.29, 0.717) is 0 Å². The Morgan fingerprint density at radius 2 is 2.25 bits per heavy atom. The van der Waals surface area contributed by atoms with Crippen molar-refractivity contribution < 1.29 is 9.90 Å². The van der Waals surface area contributed by atoms with Crippen LogP contribution in [0.3, 0.4) is 0 Å². The molecule has 0 bridgehead atoms. The molecular formula is C8H15NO2S. The summed E-state index contributed by atoms with van der Waals surface area (Å²) in [6.07, 6.45) is 1.71. The van der Waals surface area contributed by atoms with Crippen LogP contribution in [0.1, 0.15) is 26.7 Å². The molecule has 1 unspecified atom stereocenters. The molecule has 0 spiro atoms. The number of hydrogen-bond donors (Lipinski definition) is 2. The summed E-state index contributed by atoms with van der Waals surface area (Å²) in [5, 5.41) is 8.87. The molecule has 0 aromatic rings. The van der Waals surface area contributed by atoms with Crippen LogP contribution in [0.25, 0.3) is 0 Å². The van der Waals surface area contributed by atoms with Crippen LogP contribution >= 0.6 is 12.6 Å². The Balaban J connectivity index is 2.71. The normalized spacial score (nSPS) is 26.1. The van der Waals surface area contributed by atoms with Crippen molar-refractivity contribution in [2.24, 2.45) is 0 Å². The quantitative estimate of drug-likeness (QED) is 0.641. The molecule has 12 heavy (non-hydrogen) atoms. The van der Waals surface area contributed by atoms with Gasteiger partial charge in [-0.1, -0.05) is 0 Å². The van der Waals surface area contributed by atoms with Crippen LogP contribution < -0.4 is 0 Å². The predicted molar refractivity (Wildman–Crippen MR) is 50.4 cm³/mol. The predicted octanol–water partition coefficient (Wildman–Crippen LogP) is 1.20. The van der Waals surface area contributed by atoms with E-state index in [1.807, 2.05) is 18.7 Å². The summed E-state index contributed by atoms with van der Waals surface area (Å²) >= 11 is 4.37. The minimum atomic E-state index is -0.727. The first kappa shape index (κ1) is 9.86. The molecule has 1 saturated heterocycles. The van der Waals surface area contributed by atoms with Crippen molar-refractivity contribution in [3.05, 3.63) is 0 Å². The van der Waals surface area contributed by atoms with Crippen molar-refractivity contribution in [1.82, 2.24) is 4.90 Å². The van der Waals surface area contributed by atoms with Gasteiger partial charge in [0.25, 0.3) is 0 Å². The number of aliphatic carboxylic acids is 1. The molecule has 1 fully saturated rings. The number of nitrogens with zero attached hydrogens (tertiary/aromatic N) is 1. The van der Waals surface area contributed by atoms with Gasteiger partial charge < -0.3 is 5.11 Å². The van der Waals surface area contributed by atoms with Crippen LogP contribution in [0, 0.1) is 0 Å². The van der Waals surface area contributed by atoms with Crippen molar-refractivity contribution in [3.8, 4) is 0 Å². The first-order valence-corrected chi connectivity index (χ1v) is 4.59. The first-order valence-electron chi connectivity index (χ1n) is 4.15. The molecule has 1 atom stereocenters. The van der Waals surface area contributed by atoms with Crippen LogP contribution in [-0.2, 0) is 4.79 Å². The fourth-order valence-corrected chi connectivity index (χ4v) is 1.92. The number of likely N-dealkylation sites (tertiary alicyclic amines) is 1. The van der Waals surface area contributed by atoms with E-state index in [0.717, 1.165) is 19.4 Å². The van der Waals surface area contributed by atoms with E-state index in [1.54, 1.807) is 0 Å². The number of carboxylic acid groups (broad SMARTS) is 1.